The average molecular weight is 293 g/mol. The van der Waals surface area contributed by atoms with Crippen LogP contribution in [0.4, 0.5) is 32.0 Å². The summed E-state index contributed by atoms with van der Waals surface area (Å²) >= 11 is 0. The van der Waals surface area contributed by atoms with Gasteiger partial charge in [-0.3, -0.25) is 0 Å². The van der Waals surface area contributed by atoms with Gasteiger partial charge in [0.05, 0.1) is 16.1 Å². The fourth-order valence-electron chi connectivity index (χ4n) is 1.09. The number of rotatable bonds is 1. The van der Waals surface area contributed by atoms with Gasteiger partial charge in [-0.2, -0.15) is 26.3 Å². The summed E-state index contributed by atoms with van der Waals surface area (Å²) in [7, 11) is -5.76. The molecule has 0 atom stereocenters. The van der Waals surface area contributed by atoms with Gasteiger partial charge in [-0.25, -0.2) is 8.42 Å². The summed E-state index contributed by atoms with van der Waals surface area (Å²) in [6.07, 6.45) is -4.82. The first kappa shape index (κ1) is 14.6. The maximum Gasteiger partial charge on any atom is 0.501 e. The van der Waals surface area contributed by atoms with E-state index in [2.05, 4.69) is 0 Å². The Morgan fingerprint density at radius 1 is 1.00 bits per heavy atom. The quantitative estimate of drug-likeness (QED) is 0.639. The highest BCUT2D eigenvalue weighted by Gasteiger charge is 2.48. The molecule has 0 aromatic heterocycles. The Bertz CT molecular complexity index is 560. The molecule has 10 heteroatoms. The van der Waals surface area contributed by atoms with Crippen LogP contribution in [0.2, 0.25) is 0 Å². The Morgan fingerprint density at radius 3 is 1.83 bits per heavy atom. The highest BCUT2D eigenvalue weighted by molar-refractivity contribution is 7.92. The van der Waals surface area contributed by atoms with Gasteiger partial charge in [-0.05, 0) is 18.2 Å². The first-order valence-corrected chi connectivity index (χ1v) is 5.64. The Hall–Kier alpha value is -1.45. The molecule has 0 saturated carbocycles. The fraction of sp³-hybridized carbons (Fsp3) is 0.250. The summed E-state index contributed by atoms with van der Waals surface area (Å²) in [6, 6.07) is 0.536. The molecule has 18 heavy (non-hydrogen) atoms. The molecule has 0 heterocycles. The Labute approximate surface area is 97.1 Å². The predicted octanol–water partition coefficient (Wildman–Crippen LogP) is 2.58. The number of benzene rings is 1. The molecular formula is C8H5F6NO2S. The average Bonchev–Trinajstić information content (AvgIpc) is 2.13. The van der Waals surface area contributed by atoms with E-state index in [9.17, 15) is 34.8 Å². The number of hydrogen-bond donors (Lipinski definition) is 1. The summed E-state index contributed by atoms with van der Waals surface area (Å²) in [5.74, 6) is 0. The van der Waals surface area contributed by atoms with E-state index in [4.69, 9.17) is 5.73 Å². The highest BCUT2D eigenvalue weighted by Crippen LogP contribution is 2.36. The van der Waals surface area contributed by atoms with Crippen molar-refractivity contribution in [3.63, 3.8) is 0 Å². The van der Waals surface area contributed by atoms with Crippen molar-refractivity contribution in [1.82, 2.24) is 0 Å². The molecule has 2 N–H and O–H groups in total. The smallest absolute Gasteiger partial charge is 0.398 e. The van der Waals surface area contributed by atoms with Crippen molar-refractivity contribution in [2.24, 2.45) is 0 Å². The van der Waals surface area contributed by atoms with Crippen LogP contribution in [0, 0.1) is 0 Å². The molecule has 0 fully saturated rings. The summed E-state index contributed by atoms with van der Waals surface area (Å²) in [5, 5.41) is 0. The zero-order chi connectivity index (χ0) is 14.4. The van der Waals surface area contributed by atoms with E-state index in [1.54, 1.807) is 0 Å². The van der Waals surface area contributed by atoms with Crippen LogP contribution in [0.25, 0.3) is 0 Å². The van der Waals surface area contributed by atoms with E-state index in [-0.39, 0.29) is 18.2 Å². The lowest BCUT2D eigenvalue weighted by Gasteiger charge is -2.12. The zero-order valence-electron chi connectivity index (χ0n) is 8.30. The molecule has 0 amide bonds. The van der Waals surface area contributed by atoms with Crippen molar-refractivity contribution >= 4 is 15.5 Å². The molecule has 0 aliphatic carbocycles. The van der Waals surface area contributed by atoms with Gasteiger partial charge in [0.2, 0.25) is 0 Å². The molecule has 0 aliphatic rings. The number of hydrogen-bond acceptors (Lipinski definition) is 3. The lowest BCUT2D eigenvalue weighted by molar-refractivity contribution is -0.137. The van der Waals surface area contributed by atoms with Crippen molar-refractivity contribution in [1.29, 1.82) is 0 Å². The normalized spacial score (nSPS) is 13.7. The maximum atomic E-state index is 12.2. The third-order valence-electron chi connectivity index (χ3n) is 1.93. The molecule has 3 nitrogen and oxygen atoms in total. The second-order valence-electron chi connectivity index (χ2n) is 3.20. The van der Waals surface area contributed by atoms with Crippen LogP contribution >= 0.6 is 0 Å². The van der Waals surface area contributed by atoms with Crippen molar-refractivity contribution in [3.8, 4) is 0 Å². The molecule has 0 spiro atoms. The molecule has 0 saturated heterocycles. The molecule has 0 aliphatic heterocycles. The second kappa shape index (κ2) is 4.04. The van der Waals surface area contributed by atoms with E-state index in [1.807, 2.05) is 0 Å². The maximum absolute atomic E-state index is 12.2. The minimum Gasteiger partial charge on any atom is -0.398 e. The van der Waals surface area contributed by atoms with Crippen LogP contribution in [0.15, 0.2) is 23.1 Å². The molecule has 102 valence electrons. The van der Waals surface area contributed by atoms with E-state index < -0.39 is 37.7 Å². The number of nitrogen functional groups attached to an aromatic ring is 1. The molecule has 0 unspecified atom stereocenters. The minimum absolute atomic E-state index is 0.138. The van der Waals surface area contributed by atoms with E-state index in [0.29, 0.717) is 0 Å². The van der Waals surface area contributed by atoms with Crippen LogP contribution < -0.4 is 5.73 Å². The highest BCUT2D eigenvalue weighted by atomic mass is 32.2. The minimum atomic E-state index is -5.76. The fourth-order valence-corrected chi connectivity index (χ4v) is 1.96. The number of nitrogens with two attached hydrogens (primary N) is 1. The van der Waals surface area contributed by atoms with Gasteiger partial charge in [-0.1, -0.05) is 0 Å². The van der Waals surface area contributed by atoms with Crippen LogP contribution in [0.5, 0.6) is 0 Å². The van der Waals surface area contributed by atoms with E-state index in [1.165, 1.54) is 0 Å². The van der Waals surface area contributed by atoms with Crippen LogP contribution in [0.3, 0.4) is 0 Å². The molecule has 1 aromatic carbocycles. The lowest BCUT2D eigenvalue weighted by Crippen LogP contribution is -2.24. The van der Waals surface area contributed by atoms with Gasteiger partial charge >= 0.3 is 11.7 Å². The number of alkyl halides is 6. The monoisotopic (exact) mass is 293 g/mol. The van der Waals surface area contributed by atoms with Gasteiger partial charge in [0.15, 0.2) is 0 Å². The standard InChI is InChI=1S/C8H5F6NO2S/c9-7(10,11)4-1-2-6(5(15)3-4)18(16,17)8(12,13)14/h1-3H,15H2. The third kappa shape index (κ3) is 2.52. The van der Waals surface area contributed by atoms with Gasteiger partial charge in [0.25, 0.3) is 9.84 Å². The van der Waals surface area contributed by atoms with Crippen molar-refractivity contribution in [2.75, 3.05) is 5.73 Å². The van der Waals surface area contributed by atoms with Gasteiger partial charge in [0.1, 0.15) is 0 Å². The number of halogens is 6. The molecule has 0 radical (unpaired) electrons. The van der Waals surface area contributed by atoms with Crippen LogP contribution in [-0.4, -0.2) is 13.9 Å². The summed E-state index contributed by atoms with van der Waals surface area (Å²) in [4.78, 5) is -1.40. The SMILES string of the molecule is Nc1cc(C(F)(F)F)ccc1S(=O)(=O)C(F)(F)F. The number of anilines is 1. The largest absolute Gasteiger partial charge is 0.501 e. The van der Waals surface area contributed by atoms with Gasteiger partial charge in [-0.15, -0.1) is 0 Å². The van der Waals surface area contributed by atoms with Crippen LogP contribution in [0.1, 0.15) is 5.56 Å². The van der Waals surface area contributed by atoms with Crippen molar-refractivity contribution in [3.05, 3.63) is 23.8 Å². The van der Waals surface area contributed by atoms with Gasteiger partial charge < -0.3 is 5.73 Å². The Balaban J connectivity index is 3.41. The summed E-state index contributed by atoms with van der Waals surface area (Å²) < 4.78 is 95.0. The molecule has 0 bridgehead atoms. The predicted molar refractivity (Wildman–Crippen MR) is 49.1 cm³/mol. The van der Waals surface area contributed by atoms with Crippen molar-refractivity contribution in [2.45, 2.75) is 16.6 Å². The Morgan fingerprint density at radius 2 is 1.50 bits per heavy atom. The van der Waals surface area contributed by atoms with E-state index >= 15 is 0 Å². The summed E-state index contributed by atoms with van der Waals surface area (Å²) in [5.41, 5.74) is -3.14. The first-order valence-electron chi connectivity index (χ1n) is 4.15. The van der Waals surface area contributed by atoms with Gasteiger partial charge in [0, 0.05) is 0 Å². The van der Waals surface area contributed by atoms with Crippen molar-refractivity contribution < 1.29 is 34.8 Å². The first-order chi connectivity index (χ1) is 7.87. The molecule has 1 aromatic rings. The Kier molecular flexibility index (Phi) is 3.28. The second-order valence-corrected chi connectivity index (χ2v) is 5.11. The third-order valence-corrected chi connectivity index (χ3v) is 3.49. The van der Waals surface area contributed by atoms with Crippen LogP contribution in [-0.2, 0) is 16.0 Å². The lowest BCUT2D eigenvalue weighted by atomic mass is 10.2. The molecular weight excluding hydrogens is 288 g/mol. The molecule has 1 rings (SSSR count). The topological polar surface area (TPSA) is 60.2 Å². The number of sulfone groups is 1. The van der Waals surface area contributed by atoms with E-state index in [0.717, 1.165) is 0 Å². The zero-order valence-corrected chi connectivity index (χ0v) is 9.12. The summed E-state index contributed by atoms with van der Waals surface area (Å²) in [6.45, 7) is 0.